The van der Waals surface area contributed by atoms with Gasteiger partial charge in [0.2, 0.25) is 5.95 Å². The number of piperidine rings is 2. The molecule has 112 valence electrons. The molecule has 1 aromatic heterocycles. The van der Waals surface area contributed by atoms with Gasteiger partial charge in [-0.2, -0.15) is 0 Å². The van der Waals surface area contributed by atoms with Crippen LogP contribution in [0.2, 0.25) is 0 Å². The molecule has 21 heavy (non-hydrogen) atoms. The maximum atomic E-state index is 5.85. The average Bonchev–Trinajstić information content (AvgIpc) is 2.90. The molecular weight excluding hydrogens is 262 g/mol. The molecule has 2 unspecified atom stereocenters. The number of imidazole rings is 1. The van der Waals surface area contributed by atoms with Crippen LogP contribution in [-0.2, 0) is 0 Å². The minimum Gasteiger partial charge on any atom is -0.399 e. The molecule has 1 aromatic carbocycles. The first kappa shape index (κ1) is 13.0. The summed E-state index contributed by atoms with van der Waals surface area (Å²) < 4.78 is 0. The molecule has 5 heteroatoms. The van der Waals surface area contributed by atoms with Crippen molar-refractivity contribution in [2.24, 2.45) is 5.92 Å². The quantitative estimate of drug-likeness (QED) is 0.787. The molecule has 0 saturated carbocycles. The summed E-state index contributed by atoms with van der Waals surface area (Å²) in [6.45, 7) is 3.45. The first-order valence-corrected chi connectivity index (χ1v) is 7.91. The van der Waals surface area contributed by atoms with Crippen LogP contribution in [0.25, 0.3) is 11.0 Å². The maximum absolute atomic E-state index is 5.85. The second-order valence-electron chi connectivity index (χ2n) is 6.52. The molecule has 0 bridgehead atoms. The lowest BCUT2D eigenvalue weighted by Crippen LogP contribution is -2.53. The van der Waals surface area contributed by atoms with Gasteiger partial charge in [0.25, 0.3) is 0 Å². The standard InChI is InChI=1S/C16H23N5/c1-20-7-2-3-11-10-21(8-6-15(11)20)16-18-13-5-4-12(17)9-14(13)19-16/h4-5,9,11,15H,2-3,6-8,10,17H2,1H3,(H,18,19). The van der Waals surface area contributed by atoms with Crippen molar-refractivity contribution in [3.8, 4) is 0 Å². The van der Waals surface area contributed by atoms with Gasteiger partial charge in [-0.3, -0.25) is 0 Å². The smallest absolute Gasteiger partial charge is 0.203 e. The third-order valence-corrected chi connectivity index (χ3v) is 5.14. The van der Waals surface area contributed by atoms with Gasteiger partial charge in [0.15, 0.2) is 0 Å². The summed E-state index contributed by atoms with van der Waals surface area (Å²) in [5.41, 5.74) is 8.67. The third kappa shape index (κ3) is 2.25. The Labute approximate surface area is 125 Å². The summed E-state index contributed by atoms with van der Waals surface area (Å²) in [6.07, 6.45) is 3.90. The highest BCUT2D eigenvalue weighted by Gasteiger charge is 2.34. The van der Waals surface area contributed by atoms with Crippen molar-refractivity contribution in [1.82, 2.24) is 14.9 Å². The number of nitrogens with zero attached hydrogens (tertiary/aromatic N) is 3. The SMILES string of the molecule is CN1CCCC2CN(c3nc4ccc(N)cc4[nH]3)CCC21. The molecule has 3 heterocycles. The number of nitrogen functional groups attached to an aromatic ring is 1. The number of hydrogen-bond donors (Lipinski definition) is 2. The number of aromatic amines is 1. The van der Waals surface area contributed by atoms with E-state index in [2.05, 4.69) is 21.8 Å². The number of likely N-dealkylation sites (tertiary alicyclic amines) is 1. The Kier molecular flexibility index (Phi) is 3.03. The highest BCUT2D eigenvalue weighted by Crippen LogP contribution is 2.31. The van der Waals surface area contributed by atoms with Gasteiger partial charge in [0.1, 0.15) is 0 Å². The van der Waals surface area contributed by atoms with E-state index < -0.39 is 0 Å². The van der Waals surface area contributed by atoms with E-state index in [0.29, 0.717) is 0 Å². The zero-order chi connectivity index (χ0) is 14.4. The lowest BCUT2D eigenvalue weighted by molar-refractivity contribution is 0.102. The van der Waals surface area contributed by atoms with Crippen LogP contribution in [0.15, 0.2) is 18.2 Å². The van der Waals surface area contributed by atoms with Crippen molar-refractivity contribution in [1.29, 1.82) is 0 Å². The van der Waals surface area contributed by atoms with Crippen molar-refractivity contribution in [2.75, 3.05) is 37.3 Å². The van der Waals surface area contributed by atoms with Gasteiger partial charge in [-0.15, -0.1) is 0 Å². The van der Waals surface area contributed by atoms with Crippen LogP contribution in [0.1, 0.15) is 19.3 Å². The van der Waals surface area contributed by atoms with Crippen LogP contribution < -0.4 is 10.6 Å². The molecule has 2 fully saturated rings. The Morgan fingerprint density at radius 2 is 2.19 bits per heavy atom. The first-order valence-electron chi connectivity index (χ1n) is 7.91. The fraction of sp³-hybridized carbons (Fsp3) is 0.562. The minimum atomic E-state index is 0.759. The Bertz CT molecular complexity index is 649. The highest BCUT2D eigenvalue weighted by atomic mass is 15.3. The number of aromatic nitrogens is 2. The van der Waals surface area contributed by atoms with Crippen LogP contribution in [-0.4, -0.2) is 47.6 Å². The Hall–Kier alpha value is -1.75. The first-order chi connectivity index (χ1) is 10.2. The second-order valence-corrected chi connectivity index (χ2v) is 6.52. The number of hydrogen-bond acceptors (Lipinski definition) is 4. The fourth-order valence-corrected chi connectivity index (χ4v) is 4.01. The molecule has 3 N–H and O–H groups in total. The number of H-pyrrole nitrogens is 1. The molecule has 0 radical (unpaired) electrons. The summed E-state index contributed by atoms with van der Waals surface area (Å²) in [5.74, 6) is 1.78. The van der Waals surface area contributed by atoms with E-state index >= 15 is 0 Å². The van der Waals surface area contributed by atoms with Gasteiger partial charge < -0.3 is 20.5 Å². The van der Waals surface area contributed by atoms with E-state index in [4.69, 9.17) is 10.7 Å². The molecule has 2 aliphatic rings. The molecule has 0 aliphatic carbocycles. The van der Waals surface area contributed by atoms with E-state index in [1.807, 2.05) is 18.2 Å². The number of benzene rings is 1. The fourth-order valence-electron chi connectivity index (χ4n) is 4.01. The zero-order valence-electron chi connectivity index (χ0n) is 12.5. The summed E-state index contributed by atoms with van der Waals surface area (Å²) in [4.78, 5) is 13.1. The molecule has 2 atom stereocenters. The van der Waals surface area contributed by atoms with Crippen molar-refractivity contribution in [2.45, 2.75) is 25.3 Å². The van der Waals surface area contributed by atoms with Crippen LogP contribution >= 0.6 is 0 Å². The molecule has 5 nitrogen and oxygen atoms in total. The van der Waals surface area contributed by atoms with Crippen molar-refractivity contribution < 1.29 is 0 Å². The molecule has 0 amide bonds. The van der Waals surface area contributed by atoms with Gasteiger partial charge in [-0.05, 0) is 57.0 Å². The minimum absolute atomic E-state index is 0.759. The van der Waals surface area contributed by atoms with E-state index in [-0.39, 0.29) is 0 Å². The molecule has 2 aliphatic heterocycles. The van der Waals surface area contributed by atoms with E-state index in [1.54, 1.807) is 0 Å². The van der Waals surface area contributed by atoms with Crippen LogP contribution in [0, 0.1) is 5.92 Å². The van der Waals surface area contributed by atoms with Crippen molar-refractivity contribution in [3.05, 3.63) is 18.2 Å². The van der Waals surface area contributed by atoms with Gasteiger partial charge in [-0.25, -0.2) is 4.98 Å². The molecule has 2 saturated heterocycles. The Morgan fingerprint density at radius 3 is 3.10 bits per heavy atom. The van der Waals surface area contributed by atoms with Gasteiger partial charge in [0, 0.05) is 24.8 Å². The predicted octanol–water partition coefficient (Wildman–Crippen LogP) is 2.07. The number of fused-ring (bicyclic) bond motifs is 2. The van der Waals surface area contributed by atoms with Gasteiger partial charge in [-0.1, -0.05) is 0 Å². The lowest BCUT2D eigenvalue weighted by atomic mass is 9.84. The molecule has 2 aromatic rings. The zero-order valence-corrected chi connectivity index (χ0v) is 12.5. The number of rotatable bonds is 1. The van der Waals surface area contributed by atoms with Crippen LogP contribution in [0.3, 0.4) is 0 Å². The number of nitrogens with one attached hydrogen (secondary N) is 1. The predicted molar refractivity (Wildman–Crippen MR) is 86.5 cm³/mol. The van der Waals surface area contributed by atoms with E-state index in [9.17, 15) is 0 Å². The normalized spacial score (nSPS) is 27.0. The monoisotopic (exact) mass is 285 g/mol. The third-order valence-electron chi connectivity index (χ3n) is 5.14. The van der Waals surface area contributed by atoms with Crippen molar-refractivity contribution >= 4 is 22.7 Å². The second kappa shape index (κ2) is 4.91. The van der Waals surface area contributed by atoms with Crippen LogP contribution in [0.4, 0.5) is 11.6 Å². The summed E-state index contributed by atoms with van der Waals surface area (Å²) >= 11 is 0. The van der Waals surface area contributed by atoms with Crippen molar-refractivity contribution in [3.63, 3.8) is 0 Å². The Balaban J connectivity index is 1.58. The van der Waals surface area contributed by atoms with E-state index in [1.165, 1.54) is 25.8 Å². The molecule has 4 rings (SSSR count). The van der Waals surface area contributed by atoms with E-state index in [0.717, 1.165) is 47.7 Å². The number of nitrogens with two attached hydrogens (primary N) is 1. The maximum Gasteiger partial charge on any atom is 0.203 e. The number of anilines is 2. The lowest BCUT2D eigenvalue weighted by Gasteiger charge is -2.45. The van der Waals surface area contributed by atoms with Crippen LogP contribution in [0.5, 0.6) is 0 Å². The average molecular weight is 285 g/mol. The van der Waals surface area contributed by atoms with Gasteiger partial charge >= 0.3 is 0 Å². The van der Waals surface area contributed by atoms with Gasteiger partial charge in [0.05, 0.1) is 11.0 Å². The molecular formula is C16H23N5. The highest BCUT2D eigenvalue weighted by molar-refractivity contribution is 5.80. The molecule has 0 spiro atoms. The Morgan fingerprint density at radius 1 is 1.29 bits per heavy atom. The largest absolute Gasteiger partial charge is 0.399 e. The summed E-state index contributed by atoms with van der Waals surface area (Å²) in [6, 6.07) is 6.63. The summed E-state index contributed by atoms with van der Waals surface area (Å²) in [5, 5.41) is 0. The summed E-state index contributed by atoms with van der Waals surface area (Å²) in [7, 11) is 2.27. The topological polar surface area (TPSA) is 61.2 Å².